The number of rotatable bonds is 6. The van der Waals surface area contributed by atoms with Crippen molar-refractivity contribution in [2.24, 2.45) is 0 Å². The Labute approximate surface area is 127 Å². The van der Waals surface area contributed by atoms with Crippen molar-refractivity contribution in [2.75, 3.05) is 26.2 Å². The topological polar surface area (TPSA) is 41.6 Å². The second kappa shape index (κ2) is 8.03. The van der Waals surface area contributed by atoms with E-state index in [4.69, 9.17) is 4.74 Å². The van der Waals surface area contributed by atoms with Crippen molar-refractivity contribution in [3.05, 3.63) is 29.8 Å². The molecule has 116 valence electrons. The molecule has 1 fully saturated rings. The monoisotopic (exact) mass is 290 g/mol. The van der Waals surface area contributed by atoms with Gasteiger partial charge in [0.2, 0.25) is 0 Å². The number of hydrogen-bond acceptors (Lipinski definition) is 3. The summed E-state index contributed by atoms with van der Waals surface area (Å²) in [5.41, 5.74) is 0.748. The fourth-order valence-electron chi connectivity index (χ4n) is 2.82. The molecule has 0 spiro atoms. The Hall–Kier alpha value is -1.55. The Morgan fingerprint density at radius 1 is 1.33 bits per heavy atom. The minimum atomic E-state index is 0.133. The van der Waals surface area contributed by atoms with Gasteiger partial charge in [-0.3, -0.25) is 4.79 Å². The summed E-state index contributed by atoms with van der Waals surface area (Å²) in [7, 11) is 0. The molecule has 0 aliphatic carbocycles. The van der Waals surface area contributed by atoms with Gasteiger partial charge in [0.15, 0.2) is 0 Å². The van der Waals surface area contributed by atoms with E-state index in [0.29, 0.717) is 12.6 Å². The van der Waals surface area contributed by atoms with Crippen LogP contribution in [0, 0.1) is 0 Å². The number of amides is 1. The zero-order valence-corrected chi connectivity index (χ0v) is 13.1. The maximum atomic E-state index is 12.8. The molecule has 21 heavy (non-hydrogen) atoms. The van der Waals surface area contributed by atoms with E-state index in [1.807, 2.05) is 36.1 Å². The molecule has 0 aromatic heterocycles. The van der Waals surface area contributed by atoms with Gasteiger partial charge < -0.3 is 15.0 Å². The predicted molar refractivity (Wildman–Crippen MR) is 84.8 cm³/mol. The third-order valence-corrected chi connectivity index (χ3v) is 3.85. The van der Waals surface area contributed by atoms with Crippen LogP contribution in [0.5, 0.6) is 5.75 Å². The van der Waals surface area contributed by atoms with Gasteiger partial charge in [-0.1, -0.05) is 6.92 Å². The van der Waals surface area contributed by atoms with Crippen molar-refractivity contribution in [3.8, 4) is 5.75 Å². The number of ether oxygens (including phenoxy) is 1. The molecule has 1 aromatic carbocycles. The number of hydrogen-bond donors (Lipinski definition) is 1. The first kappa shape index (κ1) is 15.8. The first-order chi connectivity index (χ1) is 10.3. The van der Waals surface area contributed by atoms with E-state index < -0.39 is 0 Å². The second-order valence-corrected chi connectivity index (χ2v) is 5.46. The van der Waals surface area contributed by atoms with E-state index >= 15 is 0 Å². The average molecular weight is 290 g/mol. The average Bonchev–Trinajstić information content (AvgIpc) is 2.54. The predicted octanol–water partition coefficient (Wildman–Crippen LogP) is 2.69. The molecule has 1 atom stereocenters. The van der Waals surface area contributed by atoms with Crippen LogP contribution >= 0.6 is 0 Å². The van der Waals surface area contributed by atoms with Gasteiger partial charge in [-0.15, -0.1) is 0 Å². The van der Waals surface area contributed by atoms with E-state index in [2.05, 4.69) is 12.2 Å². The first-order valence-corrected chi connectivity index (χ1v) is 8.00. The van der Waals surface area contributed by atoms with Gasteiger partial charge in [0.05, 0.1) is 6.61 Å². The molecule has 4 heteroatoms. The van der Waals surface area contributed by atoms with E-state index in [0.717, 1.165) is 50.2 Å². The molecule has 1 unspecified atom stereocenters. The zero-order chi connectivity index (χ0) is 15.1. The highest BCUT2D eigenvalue weighted by atomic mass is 16.5. The summed E-state index contributed by atoms with van der Waals surface area (Å²) in [6, 6.07) is 7.80. The minimum absolute atomic E-state index is 0.133. The van der Waals surface area contributed by atoms with Gasteiger partial charge in [0, 0.05) is 24.7 Å². The van der Waals surface area contributed by atoms with Crippen LogP contribution in [-0.2, 0) is 0 Å². The smallest absolute Gasteiger partial charge is 0.254 e. The largest absolute Gasteiger partial charge is 0.494 e. The fourth-order valence-corrected chi connectivity index (χ4v) is 2.82. The number of nitrogens with one attached hydrogen (secondary N) is 1. The molecule has 0 bridgehead atoms. The van der Waals surface area contributed by atoms with Gasteiger partial charge in [0.25, 0.3) is 5.91 Å². The van der Waals surface area contributed by atoms with Crippen LogP contribution in [0.1, 0.15) is 43.5 Å². The second-order valence-electron chi connectivity index (χ2n) is 5.46. The first-order valence-electron chi connectivity index (χ1n) is 8.00. The highest BCUT2D eigenvalue weighted by molar-refractivity contribution is 5.94. The third kappa shape index (κ3) is 4.21. The molecule has 0 radical (unpaired) electrons. The Bertz CT molecular complexity index is 439. The normalized spacial score (nSPS) is 18.3. The van der Waals surface area contributed by atoms with Crippen LogP contribution in [0.2, 0.25) is 0 Å². The van der Waals surface area contributed by atoms with E-state index in [9.17, 15) is 4.79 Å². The summed E-state index contributed by atoms with van der Waals surface area (Å²) in [5.74, 6) is 0.948. The van der Waals surface area contributed by atoms with Crippen molar-refractivity contribution in [2.45, 2.75) is 39.2 Å². The molecule has 2 rings (SSSR count). The van der Waals surface area contributed by atoms with Crippen LogP contribution in [0.25, 0.3) is 0 Å². The van der Waals surface area contributed by atoms with Crippen molar-refractivity contribution in [1.29, 1.82) is 0 Å². The molecular weight excluding hydrogens is 264 g/mol. The number of benzene rings is 1. The fraction of sp³-hybridized carbons (Fsp3) is 0.588. The summed E-state index contributed by atoms with van der Waals surface area (Å²) < 4.78 is 5.43. The van der Waals surface area contributed by atoms with Gasteiger partial charge in [-0.2, -0.15) is 0 Å². The summed E-state index contributed by atoms with van der Waals surface area (Å²) >= 11 is 0. The van der Waals surface area contributed by atoms with Gasteiger partial charge in [0.1, 0.15) is 5.75 Å². The molecule has 1 aliphatic rings. The Morgan fingerprint density at radius 3 is 2.67 bits per heavy atom. The number of nitrogens with zero attached hydrogens (tertiary/aromatic N) is 1. The lowest BCUT2D eigenvalue weighted by Crippen LogP contribution is -2.49. The van der Waals surface area contributed by atoms with Crippen LogP contribution < -0.4 is 10.1 Å². The highest BCUT2D eigenvalue weighted by Crippen LogP contribution is 2.18. The van der Waals surface area contributed by atoms with Crippen molar-refractivity contribution >= 4 is 5.91 Å². The van der Waals surface area contributed by atoms with Crippen molar-refractivity contribution in [3.63, 3.8) is 0 Å². The quantitative estimate of drug-likeness (QED) is 0.876. The lowest BCUT2D eigenvalue weighted by molar-refractivity contribution is 0.0649. The Morgan fingerprint density at radius 2 is 2.10 bits per heavy atom. The van der Waals surface area contributed by atoms with Crippen LogP contribution in [0.4, 0.5) is 0 Å². The molecule has 1 aliphatic heterocycles. The van der Waals surface area contributed by atoms with Gasteiger partial charge in [-0.05, 0) is 57.0 Å². The zero-order valence-electron chi connectivity index (χ0n) is 13.1. The molecule has 1 aromatic rings. The molecule has 1 saturated heterocycles. The summed E-state index contributed by atoms with van der Waals surface area (Å²) in [6.45, 7) is 7.50. The number of piperidine rings is 1. The van der Waals surface area contributed by atoms with E-state index in [1.165, 1.54) is 0 Å². The van der Waals surface area contributed by atoms with E-state index in [1.54, 1.807) is 0 Å². The van der Waals surface area contributed by atoms with Crippen molar-refractivity contribution < 1.29 is 9.53 Å². The Kier molecular flexibility index (Phi) is 6.05. The maximum Gasteiger partial charge on any atom is 0.254 e. The molecule has 1 N–H and O–H groups in total. The van der Waals surface area contributed by atoms with Crippen LogP contribution in [0.15, 0.2) is 24.3 Å². The lowest BCUT2D eigenvalue weighted by Gasteiger charge is -2.34. The van der Waals surface area contributed by atoms with Gasteiger partial charge >= 0.3 is 0 Å². The van der Waals surface area contributed by atoms with Crippen LogP contribution in [-0.4, -0.2) is 43.1 Å². The summed E-state index contributed by atoms with van der Waals surface area (Å²) in [4.78, 5) is 14.8. The third-order valence-electron chi connectivity index (χ3n) is 3.85. The number of carbonyl (C=O) groups excluding carboxylic acids is 1. The molecule has 1 heterocycles. The lowest BCUT2D eigenvalue weighted by atomic mass is 10.0. The summed E-state index contributed by atoms with van der Waals surface area (Å²) in [5, 5.41) is 3.39. The van der Waals surface area contributed by atoms with E-state index in [-0.39, 0.29) is 5.91 Å². The SMILES string of the molecule is CCCN(C(=O)c1ccc(OCC)cc1)C1CCCNC1. The molecule has 0 saturated carbocycles. The summed E-state index contributed by atoms with van der Waals surface area (Å²) in [6.07, 6.45) is 3.22. The van der Waals surface area contributed by atoms with Gasteiger partial charge in [-0.25, -0.2) is 0 Å². The standard InChI is InChI=1S/C17H26N2O2/c1-3-12-19(15-6-5-11-18-13-15)17(20)14-7-9-16(10-8-14)21-4-2/h7-10,15,18H,3-6,11-13H2,1-2H3. The Balaban J connectivity index is 2.09. The highest BCUT2D eigenvalue weighted by Gasteiger charge is 2.25. The van der Waals surface area contributed by atoms with Crippen molar-refractivity contribution in [1.82, 2.24) is 10.2 Å². The molecule has 1 amide bonds. The van der Waals surface area contributed by atoms with Crippen LogP contribution in [0.3, 0.4) is 0 Å². The molecule has 4 nitrogen and oxygen atoms in total. The number of carbonyl (C=O) groups is 1. The molecular formula is C17H26N2O2. The minimum Gasteiger partial charge on any atom is -0.494 e. The maximum absolute atomic E-state index is 12.8.